The molecule has 0 radical (unpaired) electrons. The van der Waals surface area contributed by atoms with Crippen LogP contribution in [-0.4, -0.2) is 45.2 Å². The summed E-state index contributed by atoms with van der Waals surface area (Å²) < 4.78 is 21.5. The zero-order valence-electron chi connectivity index (χ0n) is 19.9. The van der Waals surface area contributed by atoms with E-state index in [-0.39, 0.29) is 22.4 Å². The Balaban J connectivity index is 1.86. The Kier molecular flexibility index (Phi) is 7.14. The highest BCUT2D eigenvalue weighted by Crippen LogP contribution is 2.50. The van der Waals surface area contributed by atoms with Crippen LogP contribution in [0, 0.1) is 0 Å². The molecule has 1 aromatic heterocycles. The number of nitrogens with one attached hydrogen (secondary N) is 1. The number of aromatic nitrogens is 1. The molecule has 36 heavy (non-hydrogen) atoms. The Morgan fingerprint density at radius 1 is 0.889 bits per heavy atom. The van der Waals surface area contributed by atoms with Gasteiger partial charge in [-0.2, -0.15) is 0 Å². The van der Waals surface area contributed by atoms with Crippen molar-refractivity contribution >= 4 is 46.4 Å². The van der Waals surface area contributed by atoms with Crippen molar-refractivity contribution < 1.29 is 28.5 Å². The van der Waals surface area contributed by atoms with Crippen LogP contribution in [0.25, 0.3) is 0 Å². The van der Waals surface area contributed by atoms with Crippen molar-refractivity contribution in [1.29, 1.82) is 0 Å². The predicted molar refractivity (Wildman–Crippen MR) is 136 cm³/mol. The van der Waals surface area contributed by atoms with E-state index in [2.05, 4.69) is 10.3 Å². The molecule has 3 aromatic rings. The van der Waals surface area contributed by atoms with Gasteiger partial charge in [-0.25, -0.2) is 0 Å². The maximum absolute atomic E-state index is 14.0. The van der Waals surface area contributed by atoms with E-state index < -0.39 is 11.4 Å². The molecule has 2 aromatic carbocycles. The summed E-state index contributed by atoms with van der Waals surface area (Å²) in [4.78, 5) is 32.6. The molecular weight excluding hydrogens is 509 g/mol. The average Bonchev–Trinajstić information content (AvgIpc) is 2.87. The number of β-lactam (4-membered cyclic amide) rings is 1. The van der Waals surface area contributed by atoms with Gasteiger partial charge in [-0.1, -0.05) is 23.2 Å². The lowest BCUT2D eigenvalue weighted by molar-refractivity contribution is -0.137. The molecule has 0 aliphatic carbocycles. The smallest absolute Gasteiger partial charge is 0.256 e. The van der Waals surface area contributed by atoms with E-state index in [1.165, 1.54) is 45.5 Å². The number of ether oxygens (including phenoxy) is 4. The summed E-state index contributed by atoms with van der Waals surface area (Å²) >= 11 is 12.7. The lowest BCUT2D eigenvalue weighted by Crippen LogP contribution is -2.67. The Hall–Kier alpha value is -3.69. The van der Waals surface area contributed by atoms with Gasteiger partial charge in [0.25, 0.3) is 5.91 Å². The average molecular weight is 532 g/mol. The van der Waals surface area contributed by atoms with Gasteiger partial charge >= 0.3 is 0 Å². The number of carbonyl (C=O) groups is 2. The number of amides is 2. The van der Waals surface area contributed by atoms with Gasteiger partial charge in [0, 0.05) is 24.5 Å². The molecule has 1 saturated heterocycles. The molecule has 1 aliphatic rings. The molecule has 0 bridgehead atoms. The molecular formula is C25H23Cl2N3O6. The summed E-state index contributed by atoms with van der Waals surface area (Å²) in [5.41, 5.74) is -0.281. The van der Waals surface area contributed by atoms with Crippen LogP contribution >= 0.6 is 23.2 Å². The first kappa shape index (κ1) is 25.4. The van der Waals surface area contributed by atoms with Gasteiger partial charge in [-0.15, -0.1) is 0 Å². The minimum atomic E-state index is -1.44. The lowest BCUT2D eigenvalue weighted by Gasteiger charge is -2.50. The number of hydrogen-bond acceptors (Lipinski definition) is 7. The molecule has 9 nitrogen and oxygen atoms in total. The molecule has 1 atom stereocenters. The molecule has 1 unspecified atom stereocenters. The summed E-state index contributed by atoms with van der Waals surface area (Å²) in [5.74, 6) is 0.579. The maximum Gasteiger partial charge on any atom is 0.256 e. The van der Waals surface area contributed by atoms with Gasteiger partial charge in [-0.3, -0.25) is 19.5 Å². The SMILES string of the molecule is COc1cc(OC)c(NC(=O)C2(c3ccncc3)CC(=O)N2c2cc(Cl)c(OC)cc2OC)cc1Cl. The summed E-state index contributed by atoms with van der Waals surface area (Å²) in [6, 6.07) is 9.53. The van der Waals surface area contributed by atoms with Gasteiger partial charge in [0.2, 0.25) is 5.91 Å². The van der Waals surface area contributed by atoms with Gasteiger partial charge in [0.1, 0.15) is 23.0 Å². The second-order valence-corrected chi connectivity index (χ2v) is 8.62. The van der Waals surface area contributed by atoms with E-state index in [0.29, 0.717) is 39.9 Å². The number of carbonyl (C=O) groups excluding carboxylic acids is 2. The number of rotatable bonds is 8. The Morgan fingerprint density at radius 3 is 2.00 bits per heavy atom. The van der Waals surface area contributed by atoms with Crippen LogP contribution in [0.5, 0.6) is 23.0 Å². The van der Waals surface area contributed by atoms with E-state index in [4.69, 9.17) is 42.1 Å². The fourth-order valence-electron chi connectivity index (χ4n) is 4.21. The van der Waals surface area contributed by atoms with Crippen molar-refractivity contribution in [3.05, 3.63) is 64.4 Å². The standard InChI is InChI=1S/C25H23Cl2N3O6/c1-33-19-11-21(35-3)17(9-15(19)26)29-24(32)25(14-5-7-28-8-6-14)13-23(31)30(25)18-10-16(27)20(34-2)12-22(18)36-4/h5-12H,13H2,1-4H3,(H,29,32). The van der Waals surface area contributed by atoms with E-state index in [9.17, 15) is 9.59 Å². The van der Waals surface area contributed by atoms with Crippen molar-refractivity contribution in [1.82, 2.24) is 4.98 Å². The van der Waals surface area contributed by atoms with E-state index in [0.717, 1.165) is 0 Å². The van der Waals surface area contributed by atoms with Crippen LogP contribution < -0.4 is 29.2 Å². The van der Waals surface area contributed by atoms with Crippen molar-refractivity contribution in [3.8, 4) is 23.0 Å². The highest BCUT2D eigenvalue weighted by Gasteiger charge is 2.59. The minimum Gasteiger partial charge on any atom is -0.495 e. The molecule has 4 rings (SSSR count). The molecule has 1 aliphatic heterocycles. The number of nitrogens with zero attached hydrogens (tertiary/aromatic N) is 2. The highest BCUT2D eigenvalue weighted by atomic mass is 35.5. The fourth-order valence-corrected chi connectivity index (χ4v) is 4.69. The van der Waals surface area contributed by atoms with Crippen molar-refractivity contribution in [2.24, 2.45) is 0 Å². The minimum absolute atomic E-state index is 0.109. The van der Waals surface area contributed by atoms with E-state index in [1.54, 1.807) is 36.7 Å². The number of hydrogen-bond donors (Lipinski definition) is 1. The van der Waals surface area contributed by atoms with E-state index in [1.807, 2.05) is 0 Å². The first-order chi connectivity index (χ1) is 17.3. The lowest BCUT2D eigenvalue weighted by atomic mass is 9.76. The highest BCUT2D eigenvalue weighted by molar-refractivity contribution is 6.33. The Bertz CT molecular complexity index is 1320. The van der Waals surface area contributed by atoms with Crippen LogP contribution in [-0.2, 0) is 15.1 Å². The zero-order valence-corrected chi connectivity index (χ0v) is 21.4. The van der Waals surface area contributed by atoms with Gasteiger partial charge in [0.05, 0.1) is 56.3 Å². The molecule has 0 saturated carbocycles. The zero-order chi connectivity index (χ0) is 26.0. The van der Waals surface area contributed by atoms with Crippen molar-refractivity contribution in [2.75, 3.05) is 38.7 Å². The first-order valence-corrected chi connectivity index (χ1v) is 11.4. The van der Waals surface area contributed by atoms with Crippen LogP contribution in [0.2, 0.25) is 10.0 Å². The normalized spacial score (nSPS) is 16.7. The quantitative estimate of drug-likeness (QED) is 0.420. The monoisotopic (exact) mass is 531 g/mol. The third-order valence-corrected chi connectivity index (χ3v) is 6.58. The van der Waals surface area contributed by atoms with Crippen LogP contribution in [0.1, 0.15) is 12.0 Å². The summed E-state index contributed by atoms with van der Waals surface area (Å²) in [7, 11) is 5.86. The van der Waals surface area contributed by atoms with Crippen LogP contribution in [0.15, 0.2) is 48.8 Å². The number of pyridine rings is 1. The molecule has 11 heteroatoms. The number of anilines is 2. The van der Waals surface area contributed by atoms with Gasteiger partial charge in [0.15, 0.2) is 5.54 Å². The van der Waals surface area contributed by atoms with Crippen LogP contribution in [0.3, 0.4) is 0 Å². The second-order valence-electron chi connectivity index (χ2n) is 7.80. The number of benzene rings is 2. The maximum atomic E-state index is 14.0. The molecule has 1 fully saturated rings. The Labute approximate surface area is 217 Å². The third kappa shape index (κ3) is 4.14. The molecule has 1 N–H and O–H groups in total. The summed E-state index contributed by atoms with van der Waals surface area (Å²) in [5, 5.41) is 3.40. The van der Waals surface area contributed by atoms with Crippen molar-refractivity contribution in [2.45, 2.75) is 12.0 Å². The molecule has 0 spiro atoms. The fraction of sp³-hybridized carbons (Fsp3) is 0.240. The summed E-state index contributed by atoms with van der Waals surface area (Å²) in [6.45, 7) is 0. The molecule has 2 amide bonds. The van der Waals surface area contributed by atoms with Gasteiger partial charge in [-0.05, 0) is 29.8 Å². The van der Waals surface area contributed by atoms with Crippen LogP contribution in [0.4, 0.5) is 11.4 Å². The molecule has 188 valence electrons. The largest absolute Gasteiger partial charge is 0.495 e. The number of halogens is 2. The molecule has 2 heterocycles. The van der Waals surface area contributed by atoms with E-state index >= 15 is 0 Å². The summed E-state index contributed by atoms with van der Waals surface area (Å²) in [6.07, 6.45) is 2.99. The van der Waals surface area contributed by atoms with Gasteiger partial charge < -0.3 is 24.3 Å². The predicted octanol–water partition coefficient (Wildman–Crippen LogP) is 4.69. The first-order valence-electron chi connectivity index (χ1n) is 10.7. The Morgan fingerprint density at radius 2 is 1.44 bits per heavy atom. The third-order valence-electron chi connectivity index (χ3n) is 5.99. The topological polar surface area (TPSA) is 99.2 Å². The second kappa shape index (κ2) is 10.1. The number of methoxy groups -OCH3 is 4. The van der Waals surface area contributed by atoms with Crippen molar-refractivity contribution in [3.63, 3.8) is 0 Å².